The number of hydrogen-bond donors (Lipinski definition) is 1. The van der Waals surface area contributed by atoms with Gasteiger partial charge in [0.25, 0.3) is 0 Å². The van der Waals surface area contributed by atoms with E-state index in [2.05, 4.69) is 21.2 Å². The Kier molecular flexibility index (Phi) is 4.38. The molecule has 1 amide bonds. The summed E-state index contributed by atoms with van der Waals surface area (Å²) >= 11 is 3.38. The van der Waals surface area contributed by atoms with Gasteiger partial charge in [-0.3, -0.25) is 4.79 Å². The van der Waals surface area contributed by atoms with E-state index < -0.39 is 0 Å². The van der Waals surface area contributed by atoms with Gasteiger partial charge in [0.15, 0.2) is 0 Å². The normalized spacial score (nSPS) is 21.1. The molecule has 0 aromatic carbocycles. The molecule has 1 saturated carbocycles. The van der Waals surface area contributed by atoms with Gasteiger partial charge in [-0.1, -0.05) is 22.9 Å². The third-order valence-corrected chi connectivity index (χ3v) is 3.08. The quantitative estimate of drug-likeness (QED) is 0.769. The maximum absolute atomic E-state index is 11.5. The Hall–Kier alpha value is -0.0900. The zero-order chi connectivity index (χ0) is 10.6. The second-order valence-corrected chi connectivity index (χ2v) is 5.57. The lowest BCUT2D eigenvalue weighted by atomic mass is 9.77. The number of rotatable bonds is 5. The molecule has 82 valence electrons. The number of carbonyl (C=O) groups excluding carboxylic acids is 1. The van der Waals surface area contributed by atoms with Gasteiger partial charge in [0.1, 0.15) is 0 Å². The maximum atomic E-state index is 11.5. The Balaban J connectivity index is 2.25. The van der Waals surface area contributed by atoms with Crippen molar-refractivity contribution in [2.75, 3.05) is 13.7 Å². The highest BCUT2D eigenvalue weighted by Crippen LogP contribution is 2.37. The fourth-order valence-corrected chi connectivity index (χ4v) is 1.80. The predicted molar refractivity (Wildman–Crippen MR) is 59.6 cm³/mol. The van der Waals surface area contributed by atoms with Crippen LogP contribution in [0.1, 0.15) is 32.6 Å². The van der Waals surface area contributed by atoms with Crippen LogP contribution in [0.15, 0.2) is 0 Å². The first-order valence-corrected chi connectivity index (χ1v) is 5.95. The fourth-order valence-electron chi connectivity index (χ4n) is 1.63. The molecule has 0 heterocycles. The molecule has 3 nitrogen and oxygen atoms in total. The summed E-state index contributed by atoms with van der Waals surface area (Å²) in [5, 5.41) is 2.87. The number of methoxy groups -OCH3 is 1. The molecule has 1 rings (SSSR count). The van der Waals surface area contributed by atoms with Gasteiger partial charge in [0.05, 0.1) is 12.0 Å². The molecule has 0 bridgehead atoms. The van der Waals surface area contributed by atoms with E-state index in [1.54, 1.807) is 7.11 Å². The lowest BCUT2D eigenvalue weighted by Crippen LogP contribution is -2.44. The van der Waals surface area contributed by atoms with Crippen molar-refractivity contribution < 1.29 is 9.53 Å². The number of ether oxygens (including phenoxy) is 1. The van der Waals surface area contributed by atoms with Crippen LogP contribution in [-0.4, -0.2) is 30.0 Å². The van der Waals surface area contributed by atoms with E-state index in [1.165, 1.54) is 6.42 Å². The molecule has 1 aliphatic carbocycles. The third-order valence-electron chi connectivity index (χ3n) is 2.76. The van der Waals surface area contributed by atoms with Crippen LogP contribution in [0.25, 0.3) is 0 Å². The highest BCUT2D eigenvalue weighted by atomic mass is 79.9. The highest BCUT2D eigenvalue weighted by Gasteiger charge is 2.38. The third kappa shape index (κ3) is 3.24. The molecule has 1 aliphatic rings. The summed E-state index contributed by atoms with van der Waals surface area (Å²) in [7, 11) is 1.69. The molecule has 1 N–H and O–H groups in total. The summed E-state index contributed by atoms with van der Waals surface area (Å²) in [6.07, 6.45) is 3.71. The molecular weight excluding hydrogens is 246 g/mol. The molecule has 4 heteroatoms. The monoisotopic (exact) mass is 263 g/mol. The van der Waals surface area contributed by atoms with Gasteiger partial charge in [-0.2, -0.15) is 0 Å². The van der Waals surface area contributed by atoms with Crippen molar-refractivity contribution in [2.24, 2.45) is 0 Å². The Morgan fingerprint density at radius 1 is 1.64 bits per heavy atom. The van der Waals surface area contributed by atoms with E-state index in [0.717, 1.165) is 12.8 Å². The molecule has 1 unspecified atom stereocenters. The van der Waals surface area contributed by atoms with Crippen LogP contribution in [0.5, 0.6) is 0 Å². The average Bonchev–Trinajstić information content (AvgIpc) is 2.08. The van der Waals surface area contributed by atoms with Gasteiger partial charge in [-0.15, -0.1) is 0 Å². The van der Waals surface area contributed by atoms with Crippen molar-refractivity contribution in [1.29, 1.82) is 0 Å². The topological polar surface area (TPSA) is 38.3 Å². The van der Waals surface area contributed by atoms with Gasteiger partial charge in [-0.05, 0) is 19.3 Å². The summed E-state index contributed by atoms with van der Waals surface area (Å²) in [4.78, 5) is 11.8. The first-order valence-electron chi connectivity index (χ1n) is 5.04. The number of alkyl halides is 1. The zero-order valence-electron chi connectivity index (χ0n) is 8.81. The number of nitrogens with one attached hydrogen (secondary N) is 1. The summed E-state index contributed by atoms with van der Waals surface area (Å²) in [5.74, 6) is 0.0952. The van der Waals surface area contributed by atoms with Gasteiger partial charge in [0, 0.05) is 18.5 Å². The van der Waals surface area contributed by atoms with Gasteiger partial charge in [-0.25, -0.2) is 0 Å². The van der Waals surface area contributed by atoms with E-state index in [4.69, 9.17) is 4.74 Å². The maximum Gasteiger partial charge on any atom is 0.222 e. The van der Waals surface area contributed by atoms with Crippen molar-refractivity contribution in [3.05, 3.63) is 0 Å². The minimum absolute atomic E-state index is 0.0952. The van der Waals surface area contributed by atoms with Gasteiger partial charge < -0.3 is 10.1 Å². The molecule has 14 heavy (non-hydrogen) atoms. The molecule has 1 fully saturated rings. The zero-order valence-corrected chi connectivity index (χ0v) is 10.4. The second-order valence-electron chi connectivity index (χ2n) is 4.00. The van der Waals surface area contributed by atoms with Crippen LogP contribution >= 0.6 is 15.9 Å². The minimum atomic E-state index is -0.153. The van der Waals surface area contributed by atoms with Crippen molar-refractivity contribution in [3.8, 4) is 0 Å². The smallest absolute Gasteiger partial charge is 0.222 e. The van der Waals surface area contributed by atoms with E-state index in [9.17, 15) is 4.79 Å². The molecule has 0 saturated heterocycles. The Bertz CT molecular complexity index is 197. The van der Waals surface area contributed by atoms with Crippen LogP contribution in [0.4, 0.5) is 0 Å². The minimum Gasteiger partial charge on any atom is -0.378 e. The van der Waals surface area contributed by atoms with Crippen molar-refractivity contribution in [2.45, 2.75) is 43.0 Å². The van der Waals surface area contributed by atoms with Crippen LogP contribution in [0.2, 0.25) is 0 Å². The summed E-state index contributed by atoms with van der Waals surface area (Å²) in [6, 6.07) is 0. The average molecular weight is 264 g/mol. The molecule has 0 aliphatic heterocycles. The van der Waals surface area contributed by atoms with E-state index >= 15 is 0 Å². The molecular formula is C10H18BrNO2. The lowest BCUT2D eigenvalue weighted by molar-refractivity contribution is -0.134. The lowest BCUT2D eigenvalue weighted by Gasteiger charge is -2.39. The molecule has 0 aromatic rings. The summed E-state index contributed by atoms with van der Waals surface area (Å²) in [6.45, 7) is 2.69. The number of halogens is 1. The van der Waals surface area contributed by atoms with Crippen LogP contribution < -0.4 is 5.32 Å². The van der Waals surface area contributed by atoms with Crippen LogP contribution in [0, 0.1) is 0 Å². The largest absolute Gasteiger partial charge is 0.378 e. The second kappa shape index (κ2) is 5.12. The molecule has 0 aromatic heterocycles. The predicted octanol–water partition coefficient (Wildman–Crippen LogP) is 1.85. The van der Waals surface area contributed by atoms with E-state index in [-0.39, 0.29) is 11.5 Å². The summed E-state index contributed by atoms with van der Waals surface area (Å²) in [5.41, 5.74) is -0.153. The Morgan fingerprint density at radius 2 is 2.29 bits per heavy atom. The fraction of sp³-hybridized carbons (Fsp3) is 0.900. The van der Waals surface area contributed by atoms with E-state index in [1.807, 2.05) is 6.92 Å². The number of carbonyl (C=O) groups is 1. The summed E-state index contributed by atoms with van der Waals surface area (Å²) < 4.78 is 5.38. The van der Waals surface area contributed by atoms with Crippen molar-refractivity contribution >= 4 is 21.8 Å². The van der Waals surface area contributed by atoms with Crippen LogP contribution in [-0.2, 0) is 9.53 Å². The van der Waals surface area contributed by atoms with E-state index in [0.29, 0.717) is 17.8 Å². The Labute approximate surface area is 93.7 Å². The molecule has 1 atom stereocenters. The first-order chi connectivity index (χ1) is 6.58. The SMILES string of the molecule is COC1(CC(=O)NCC(C)Br)CCC1. The van der Waals surface area contributed by atoms with Gasteiger partial charge in [0.2, 0.25) is 5.91 Å². The number of hydrogen-bond acceptors (Lipinski definition) is 2. The molecule has 0 radical (unpaired) electrons. The molecule has 0 spiro atoms. The highest BCUT2D eigenvalue weighted by molar-refractivity contribution is 9.09. The van der Waals surface area contributed by atoms with Gasteiger partial charge >= 0.3 is 0 Å². The van der Waals surface area contributed by atoms with Crippen LogP contribution in [0.3, 0.4) is 0 Å². The number of amides is 1. The van der Waals surface area contributed by atoms with Crippen molar-refractivity contribution in [3.63, 3.8) is 0 Å². The van der Waals surface area contributed by atoms with Crippen molar-refractivity contribution in [1.82, 2.24) is 5.32 Å². The Morgan fingerprint density at radius 3 is 2.64 bits per heavy atom. The standard InChI is InChI=1S/C10H18BrNO2/c1-8(11)7-12-9(13)6-10(14-2)4-3-5-10/h8H,3-7H2,1-2H3,(H,12,13). The first kappa shape index (κ1) is 12.0.